The van der Waals surface area contributed by atoms with Crippen LogP contribution in [0.3, 0.4) is 0 Å². The van der Waals surface area contributed by atoms with E-state index < -0.39 is 5.82 Å². The minimum absolute atomic E-state index is 0. The highest BCUT2D eigenvalue weighted by Gasteiger charge is 2.18. The van der Waals surface area contributed by atoms with Crippen LogP contribution in [0.15, 0.2) is 53.5 Å². The summed E-state index contributed by atoms with van der Waals surface area (Å²) in [5, 5.41) is 15.9. The molecule has 0 amide bonds. The van der Waals surface area contributed by atoms with Crippen molar-refractivity contribution in [2.24, 2.45) is 4.99 Å². The second-order valence-electron chi connectivity index (χ2n) is 6.54. The first-order valence-electron chi connectivity index (χ1n) is 9.74. The lowest BCUT2D eigenvalue weighted by atomic mass is 10.1. The fourth-order valence-corrected chi connectivity index (χ4v) is 3.26. The number of aliphatic hydroxyl groups excluding tert-OH is 1. The molecule has 0 heterocycles. The van der Waals surface area contributed by atoms with Gasteiger partial charge in [-0.2, -0.15) is 0 Å². The van der Waals surface area contributed by atoms with Crippen LogP contribution in [0.2, 0.25) is 0 Å². The molecule has 0 bridgehead atoms. The molecular weight excluding hydrogens is 482 g/mol. The SMILES string of the molecule is CCN(CC)C(CNC(=NC)NCc1ccc(F)c(CO)c1)c1ccccc1.I. The summed E-state index contributed by atoms with van der Waals surface area (Å²) >= 11 is 0. The van der Waals surface area contributed by atoms with Gasteiger partial charge in [-0.05, 0) is 36.3 Å². The molecule has 7 heteroatoms. The molecule has 0 aromatic heterocycles. The molecule has 0 radical (unpaired) electrons. The van der Waals surface area contributed by atoms with E-state index in [0.29, 0.717) is 18.1 Å². The average molecular weight is 514 g/mol. The molecule has 2 rings (SSSR count). The van der Waals surface area contributed by atoms with Crippen LogP contribution in [0.4, 0.5) is 4.39 Å². The lowest BCUT2D eigenvalue weighted by molar-refractivity contribution is 0.219. The summed E-state index contributed by atoms with van der Waals surface area (Å²) in [6.07, 6.45) is 0. The Morgan fingerprint density at radius 1 is 1.10 bits per heavy atom. The maximum absolute atomic E-state index is 13.5. The van der Waals surface area contributed by atoms with Crippen molar-refractivity contribution in [2.75, 3.05) is 26.7 Å². The van der Waals surface area contributed by atoms with E-state index in [4.69, 9.17) is 0 Å². The third-order valence-corrected chi connectivity index (χ3v) is 4.86. The van der Waals surface area contributed by atoms with Crippen molar-refractivity contribution < 1.29 is 9.50 Å². The van der Waals surface area contributed by atoms with Crippen molar-refractivity contribution in [1.82, 2.24) is 15.5 Å². The molecule has 5 nitrogen and oxygen atoms in total. The van der Waals surface area contributed by atoms with Gasteiger partial charge in [-0.3, -0.25) is 9.89 Å². The van der Waals surface area contributed by atoms with Crippen molar-refractivity contribution >= 4 is 29.9 Å². The Labute approximate surface area is 190 Å². The van der Waals surface area contributed by atoms with Gasteiger partial charge in [0.05, 0.1) is 12.6 Å². The van der Waals surface area contributed by atoms with Gasteiger partial charge in [-0.25, -0.2) is 4.39 Å². The van der Waals surface area contributed by atoms with Gasteiger partial charge in [0, 0.05) is 25.7 Å². The van der Waals surface area contributed by atoms with E-state index in [2.05, 4.69) is 58.6 Å². The maximum atomic E-state index is 13.5. The second kappa shape index (κ2) is 13.5. The number of hydrogen-bond acceptors (Lipinski definition) is 3. The van der Waals surface area contributed by atoms with Gasteiger partial charge in [0.2, 0.25) is 0 Å². The largest absolute Gasteiger partial charge is 0.392 e. The zero-order valence-electron chi connectivity index (χ0n) is 17.4. The smallest absolute Gasteiger partial charge is 0.191 e. The number of nitrogens with one attached hydrogen (secondary N) is 2. The number of aliphatic hydroxyl groups is 1. The summed E-state index contributed by atoms with van der Waals surface area (Å²) in [7, 11) is 1.73. The highest BCUT2D eigenvalue weighted by molar-refractivity contribution is 14.0. The molecule has 1 atom stereocenters. The van der Waals surface area contributed by atoms with Crippen LogP contribution in [0.5, 0.6) is 0 Å². The Bertz CT molecular complexity index is 754. The Balaban J connectivity index is 0.00000420. The van der Waals surface area contributed by atoms with Crippen LogP contribution >= 0.6 is 24.0 Å². The fourth-order valence-electron chi connectivity index (χ4n) is 3.26. The fraction of sp³-hybridized carbons (Fsp3) is 0.409. The number of guanidine groups is 1. The minimum atomic E-state index is -0.390. The molecule has 0 spiro atoms. The van der Waals surface area contributed by atoms with Gasteiger partial charge in [0.15, 0.2) is 5.96 Å². The maximum Gasteiger partial charge on any atom is 0.191 e. The van der Waals surface area contributed by atoms with Crippen molar-refractivity contribution in [1.29, 1.82) is 0 Å². The number of likely N-dealkylation sites (N-methyl/N-ethyl adjacent to an activating group) is 1. The molecule has 29 heavy (non-hydrogen) atoms. The Hall–Kier alpha value is -1.71. The number of nitrogens with zero attached hydrogens (tertiary/aromatic N) is 2. The number of rotatable bonds is 9. The standard InChI is InChI=1S/C22H31FN4O.HI/c1-4-27(5-2)21(18-9-7-6-8-10-18)15-26-22(24-3)25-14-17-11-12-20(23)19(13-17)16-28;/h6-13,21,28H,4-5,14-16H2,1-3H3,(H2,24,25,26);1H. The van der Waals surface area contributed by atoms with Crippen LogP contribution in [0.1, 0.15) is 36.6 Å². The van der Waals surface area contributed by atoms with Gasteiger partial charge in [0.25, 0.3) is 0 Å². The van der Waals surface area contributed by atoms with Gasteiger partial charge < -0.3 is 15.7 Å². The predicted molar refractivity (Wildman–Crippen MR) is 128 cm³/mol. The monoisotopic (exact) mass is 514 g/mol. The minimum Gasteiger partial charge on any atom is -0.392 e. The second-order valence-corrected chi connectivity index (χ2v) is 6.54. The summed E-state index contributed by atoms with van der Waals surface area (Å²) in [4.78, 5) is 6.70. The first kappa shape index (κ1) is 25.3. The molecule has 3 N–H and O–H groups in total. The Morgan fingerprint density at radius 3 is 2.38 bits per heavy atom. The highest BCUT2D eigenvalue weighted by Crippen LogP contribution is 2.19. The number of aliphatic imine (C=N–C) groups is 1. The molecule has 0 fully saturated rings. The van der Waals surface area contributed by atoms with E-state index >= 15 is 0 Å². The van der Waals surface area contributed by atoms with Gasteiger partial charge in [-0.15, -0.1) is 24.0 Å². The van der Waals surface area contributed by atoms with Crippen LogP contribution in [-0.2, 0) is 13.2 Å². The molecule has 0 saturated heterocycles. The van der Waals surface area contributed by atoms with E-state index in [1.807, 2.05) is 6.07 Å². The van der Waals surface area contributed by atoms with Crippen LogP contribution in [-0.4, -0.2) is 42.6 Å². The number of hydrogen-bond donors (Lipinski definition) is 3. The summed E-state index contributed by atoms with van der Waals surface area (Å²) in [6, 6.07) is 15.4. The molecule has 1 unspecified atom stereocenters. The van der Waals surface area contributed by atoms with Crippen molar-refractivity contribution in [3.63, 3.8) is 0 Å². The zero-order valence-corrected chi connectivity index (χ0v) is 19.7. The van der Waals surface area contributed by atoms with Crippen molar-refractivity contribution in [3.05, 3.63) is 71.0 Å². The molecule has 0 aliphatic heterocycles. The summed E-state index contributed by atoms with van der Waals surface area (Å²) in [6.45, 7) is 7.16. The third-order valence-electron chi connectivity index (χ3n) is 4.86. The average Bonchev–Trinajstić information content (AvgIpc) is 2.74. The molecular formula is C22H32FIN4O. The molecule has 0 aliphatic rings. The van der Waals surface area contributed by atoms with E-state index in [-0.39, 0.29) is 36.6 Å². The van der Waals surface area contributed by atoms with E-state index in [9.17, 15) is 9.50 Å². The van der Waals surface area contributed by atoms with Gasteiger partial charge in [-0.1, -0.05) is 50.2 Å². The lowest BCUT2D eigenvalue weighted by Crippen LogP contribution is -2.43. The highest BCUT2D eigenvalue weighted by atomic mass is 127. The van der Waals surface area contributed by atoms with Crippen LogP contribution in [0, 0.1) is 5.82 Å². The summed E-state index contributed by atoms with van der Waals surface area (Å²) in [5.41, 5.74) is 2.45. The molecule has 0 saturated carbocycles. The normalized spacial score (nSPS) is 12.4. The molecule has 2 aromatic rings. The first-order valence-corrected chi connectivity index (χ1v) is 9.74. The quantitative estimate of drug-likeness (QED) is 0.272. The number of halogens is 2. The number of benzene rings is 2. The molecule has 160 valence electrons. The van der Waals surface area contributed by atoms with Gasteiger partial charge >= 0.3 is 0 Å². The topological polar surface area (TPSA) is 59.9 Å². The third kappa shape index (κ3) is 7.56. The van der Waals surface area contributed by atoms with E-state index in [1.54, 1.807) is 19.2 Å². The Morgan fingerprint density at radius 2 is 1.79 bits per heavy atom. The van der Waals surface area contributed by atoms with Crippen LogP contribution < -0.4 is 10.6 Å². The van der Waals surface area contributed by atoms with Crippen molar-refractivity contribution in [2.45, 2.75) is 33.0 Å². The van der Waals surface area contributed by atoms with E-state index in [1.165, 1.54) is 11.6 Å². The predicted octanol–water partition coefficient (Wildman–Crippen LogP) is 3.68. The summed E-state index contributed by atoms with van der Waals surface area (Å²) < 4.78 is 13.5. The van der Waals surface area contributed by atoms with E-state index in [0.717, 1.165) is 25.2 Å². The van der Waals surface area contributed by atoms with Crippen LogP contribution in [0.25, 0.3) is 0 Å². The molecule has 0 aliphatic carbocycles. The van der Waals surface area contributed by atoms with Crippen molar-refractivity contribution in [3.8, 4) is 0 Å². The summed E-state index contributed by atoms with van der Waals surface area (Å²) in [5.74, 6) is 0.293. The zero-order chi connectivity index (χ0) is 20.4. The first-order chi connectivity index (χ1) is 13.6. The lowest BCUT2D eigenvalue weighted by Gasteiger charge is -2.30. The Kier molecular flexibility index (Phi) is 11.8. The molecule has 2 aromatic carbocycles. The van der Waals surface area contributed by atoms with Gasteiger partial charge in [0.1, 0.15) is 5.82 Å².